The van der Waals surface area contributed by atoms with Gasteiger partial charge in [0.1, 0.15) is 24.5 Å². The van der Waals surface area contributed by atoms with Gasteiger partial charge in [-0.15, -0.1) is 0 Å². The van der Waals surface area contributed by atoms with Gasteiger partial charge >= 0.3 is 0 Å². The number of ether oxygens (including phenoxy) is 1. The van der Waals surface area contributed by atoms with Gasteiger partial charge in [-0.25, -0.2) is 14.4 Å². The summed E-state index contributed by atoms with van der Waals surface area (Å²) in [5.41, 5.74) is 2.81. The zero-order valence-corrected chi connectivity index (χ0v) is 18.5. The van der Waals surface area contributed by atoms with Gasteiger partial charge in [0, 0.05) is 18.0 Å². The highest BCUT2D eigenvalue weighted by Gasteiger charge is 2.14. The largest absolute Gasteiger partial charge is 0.487 e. The van der Waals surface area contributed by atoms with Crippen LogP contribution in [0.2, 0.25) is 5.02 Å². The van der Waals surface area contributed by atoms with Crippen LogP contribution in [-0.2, 0) is 6.61 Å². The molecule has 5 aromatic rings. The average Bonchev–Trinajstić information content (AvgIpc) is 2.84. The lowest BCUT2D eigenvalue weighted by molar-refractivity contribution is 0.306. The molecule has 2 heterocycles. The average molecular weight is 473 g/mol. The van der Waals surface area contributed by atoms with Gasteiger partial charge in [0.25, 0.3) is 5.56 Å². The monoisotopic (exact) mass is 472 g/mol. The van der Waals surface area contributed by atoms with Crippen molar-refractivity contribution in [2.75, 3.05) is 5.32 Å². The third kappa shape index (κ3) is 4.46. The molecule has 0 atom stereocenters. The van der Waals surface area contributed by atoms with Gasteiger partial charge in [0.15, 0.2) is 5.65 Å². The van der Waals surface area contributed by atoms with Gasteiger partial charge < -0.3 is 10.1 Å². The lowest BCUT2D eigenvalue weighted by atomic mass is 10.2. The van der Waals surface area contributed by atoms with E-state index in [0.717, 1.165) is 5.69 Å². The van der Waals surface area contributed by atoms with Crippen LogP contribution in [0, 0.1) is 5.82 Å². The third-order valence-corrected chi connectivity index (χ3v) is 5.49. The van der Waals surface area contributed by atoms with Crippen LogP contribution in [-0.4, -0.2) is 14.5 Å². The van der Waals surface area contributed by atoms with Crippen molar-refractivity contribution in [3.05, 3.63) is 118 Å². The summed E-state index contributed by atoms with van der Waals surface area (Å²) in [6, 6.07) is 22.2. The number of rotatable bonds is 6. The number of nitrogens with zero attached hydrogens (tertiary/aromatic N) is 3. The van der Waals surface area contributed by atoms with E-state index in [2.05, 4.69) is 15.3 Å². The number of hydrogen-bond acceptors (Lipinski definition) is 5. The molecule has 5 rings (SSSR count). The van der Waals surface area contributed by atoms with Gasteiger partial charge in [-0.3, -0.25) is 9.36 Å². The molecule has 2 aromatic heterocycles. The molecule has 34 heavy (non-hydrogen) atoms. The Bertz CT molecular complexity index is 1540. The standard InChI is InChI=1S/C26H18ClFN4O2/c27-22-12-20(9-10-24(22)34-15-17-5-4-6-18(28)11-17)32-25(33)13-23(21-14-29-16-30-26(21)32)31-19-7-2-1-3-8-19/h1-14,16,31H,15H2. The van der Waals surface area contributed by atoms with Crippen molar-refractivity contribution in [3.63, 3.8) is 0 Å². The Kier molecular flexibility index (Phi) is 5.93. The Morgan fingerprint density at radius 2 is 1.85 bits per heavy atom. The second-order valence-electron chi connectivity index (χ2n) is 7.52. The molecule has 0 fully saturated rings. The molecule has 0 aliphatic carbocycles. The molecule has 0 radical (unpaired) electrons. The summed E-state index contributed by atoms with van der Waals surface area (Å²) in [7, 11) is 0. The van der Waals surface area contributed by atoms with Crippen LogP contribution in [0.25, 0.3) is 16.7 Å². The number of anilines is 2. The molecule has 0 unspecified atom stereocenters. The third-order valence-electron chi connectivity index (χ3n) is 5.19. The van der Waals surface area contributed by atoms with Crippen molar-refractivity contribution in [2.24, 2.45) is 0 Å². The highest BCUT2D eigenvalue weighted by Crippen LogP contribution is 2.30. The van der Waals surface area contributed by atoms with Crippen molar-refractivity contribution in [3.8, 4) is 11.4 Å². The Morgan fingerprint density at radius 1 is 1.00 bits per heavy atom. The van der Waals surface area contributed by atoms with Crippen LogP contribution in [0.5, 0.6) is 5.75 Å². The predicted molar refractivity (Wildman–Crippen MR) is 131 cm³/mol. The molecule has 0 saturated heterocycles. The van der Waals surface area contributed by atoms with Crippen LogP contribution >= 0.6 is 11.6 Å². The number of benzene rings is 3. The van der Waals surface area contributed by atoms with E-state index in [-0.39, 0.29) is 18.0 Å². The molecule has 0 bridgehead atoms. The second kappa shape index (κ2) is 9.33. The first kappa shape index (κ1) is 21.6. The van der Waals surface area contributed by atoms with Crippen LogP contribution < -0.4 is 15.6 Å². The molecule has 8 heteroatoms. The molecule has 6 nitrogen and oxygen atoms in total. The van der Waals surface area contributed by atoms with Gasteiger partial charge in [-0.05, 0) is 48.0 Å². The first-order chi connectivity index (χ1) is 16.6. The number of para-hydroxylation sites is 1. The molecule has 0 saturated carbocycles. The highest BCUT2D eigenvalue weighted by molar-refractivity contribution is 6.32. The molecule has 0 aliphatic heterocycles. The summed E-state index contributed by atoms with van der Waals surface area (Å²) >= 11 is 6.46. The van der Waals surface area contributed by atoms with Gasteiger partial charge in [0.2, 0.25) is 0 Å². The molecule has 0 amide bonds. The van der Waals surface area contributed by atoms with Crippen molar-refractivity contribution < 1.29 is 9.13 Å². The molecule has 0 spiro atoms. The second-order valence-corrected chi connectivity index (χ2v) is 7.92. The van der Waals surface area contributed by atoms with E-state index < -0.39 is 0 Å². The van der Waals surface area contributed by atoms with E-state index in [1.807, 2.05) is 30.3 Å². The zero-order valence-electron chi connectivity index (χ0n) is 17.8. The van der Waals surface area contributed by atoms with Crippen LogP contribution in [0.3, 0.4) is 0 Å². The van der Waals surface area contributed by atoms with Crippen LogP contribution in [0.1, 0.15) is 5.56 Å². The number of pyridine rings is 1. The van der Waals surface area contributed by atoms with Gasteiger partial charge in [-0.1, -0.05) is 41.9 Å². The minimum atomic E-state index is -0.332. The van der Waals surface area contributed by atoms with Crippen molar-refractivity contribution >= 4 is 34.0 Å². The van der Waals surface area contributed by atoms with E-state index in [1.165, 1.54) is 29.1 Å². The fourth-order valence-corrected chi connectivity index (χ4v) is 3.85. The fourth-order valence-electron chi connectivity index (χ4n) is 3.63. The maximum Gasteiger partial charge on any atom is 0.258 e. The van der Waals surface area contributed by atoms with Crippen molar-refractivity contribution in [2.45, 2.75) is 6.61 Å². The maximum atomic E-state index is 13.4. The molecular formula is C26H18ClFN4O2. The normalized spacial score (nSPS) is 10.9. The number of halogens is 2. The van der Waals surface area contributed by atoms with Gasteiger partial charge in [-0.2, -0.15) is 0 Å². The molecule has 0 aliphatic rings. The summed E-state index contributed by atoms with van der Waals surface area (Å²) in [5.74, 6) is 0.0880. The molecule has 1 N–H and O–H groups in total. The summed E-state index contributed by atoms with van der Waals surface area (Å²) in [6.07, 6.45) is 3.05. The first-order valence-corrected chi connectivity index (χ1v) is 10.8. The van der Waals surface area contributed by atoms with E-state index in [0.29, 0.717) is 38.7 Å². The minimum Gasteiger partial charge on any atom is -0.487 e. The van der Waals surface area contributed by atoms with Crippen molar-refractivity contribution in [1.82, 2.24) is 14.5 Å². The maximum absolute atomic E-state index is 13.4. The summed E-state index contributed by atoms with van der Waals surface area (Å²) in [4.78, 5) is 21.6. The van der Waals surface area contributed by atoms with Crippen molar-refractivity contribution in [1.29, 1.82) is 0 Å². The lowest BCUT2D eigenvalue weighted by Gasteiger charge is -2.15. The predicted octanol–water partition coefficient (Wildman–Crippen LogP) is 5.90. The lowest BCUT2D eigenvalue weighted by Crippen LogP contribution is -2.19. The summed E-state index contributed by atoms with van der Waals surface area (Å²) < 4.78 is 20.6. The highest BCUT2D eigenvalue weighted by atomic mass is 35.5. The Labute approximate surface area is 199 Å². The van der Waals surface area contributed by atoms with Crippen LogP contribution in [0.4, 0.5) is 15.8 Å². The van der Waals surface area contributed by atoms with E-state index in [9.17, 15) is 9.18 Å². The van der Waals surface area contributed by atoms with E-state index in [4.69, 9.17) is 16.3 Å². The van der Waals surface area contributed by atoms with Crippen LogP contribution in [0.15, 0.2) is 96.2 Å². The van der Waals surface area contributed by atoms with E-state index >= 15 is 0 Å². The number of hydrogen-bond donors (Lipinski definition) is 1. The number of fused-ring (bicyclic) bond motifs is 1. The summed E-state index contributed by atoms with van der Waals surface area (Å²) in [5, 5.41) is 4.25. The minimum absolute atomic E-state index is 0.160. The Hall–Kier alpha value is -4.23. The topological polar surface area (TPSA) is 69.0 Å². The van der Waals surface area contributed by atoms with E-state index in [1.54, 1.807) is 36.5 Å². The number of aromatic nitrogens is 3. The zero-order chi connectivity index (χ0) is 23.5. The molecule has 168 valence electrons. The summed E-state index contributed by atoms with van der Waals surface area (Å²) in [6.45, 7) is 0.160. The SMILES string of the molecule is O=c1cc(Nc2ccccc2)c2cncnc2n1-c1ccc(OCc2cccc(F)c2)c(Cl)c1. The Balaban J connectivity index is 1.49. The number of nitrogens with one attached hydrogen (secondary N) is 1. The van der Waals surface area contributed by atoms with Gasteiger partial charge in [0.05, 0.1) is 21.8 Å². The molecular weight excluding hydrogens is 455 g/mol. The smallest absolute Gasteiger partial charge is 0.258 e. The first-order valence-electron chi connectivity index (χ1n) is 10.4. The quantitative estimate of drug-likeness (QED) is 0.333. The Morgan fingerprint density at radius 3 is 2.65 bits per heavy atom. The fraction of sp³-hybridized carbons (Fsp3) is 0.0385. The molecule has 3 aromatic carbocycles.